The lowest BCUT2D eigenvalue weighted by atomic mass is 10.6. The molecule has 1 heterocycles. The quantitative estimate of drug-likeness (QED) is 0.504. The minimum Gasteiger partial charge on any atom is -0.269 e. The summed E-state index contributed by atoms with van der Waals surface area (Å²) in [6, 6.07) is 0. The normalized spacial score (nSPS) is 16.0. The minimum absolute atomic E-state index is 0.138. The lowest BCUT2D eigenvalue weighted by Gasteiger charge is -1.93. The van der Waals surface area contributed by atoms with E-state index in [4.69, 9.17) is 0 Å². The van der Waals surface area contributed by atoms with Crippen molar-refractivity contribution in [2.75, 3.05) is 6.54 Å². The zero-order valence-corrected chi connectivity index (χ0v) is 5.45. The fourth-order valence-electron chi connectivity index (χ4n) is 0.390. The van der Waals surface area contributed by atoms with Crippen molar-refractivity contribution in [1.29, 1.82) is 0 Å². The van der Waals surface area contributed by atoms with Crippen molar-refractivity contribution >= 4 is 16.4 Å². The molecule has 7 nitrogen and oxygen atoms in total. The molecule has 0 N–H and O–H groups in total. The number of carbonyl (C=O) groups excluding carboxylic acids is 1. The maximum atomic E-state index is 10.5. The van der Waals surface area contributed by atoms with Gasteiger partial charge in [-0.3, -0.25) is 4.79 Å². The lowest BCUT2D eigenvalue weighted by Crippen LogP contribution is -2.15. The fraction of sp³-hybridized carbons (Fsp3) is 0.500. The Bertz CT molecular complexity index is 294. The first-order valence-corrected chi connectivity index (χ1v) is 3.25. The molecule has 0 radical (unpaired) electrons. The maximum Gasteiger partial charge on any atom is 0.334 e. The predicted molar refractivity (Wildman–Crippen MR) is 27.9 cm³/mol. The number of carbonyl (C=O) groups is 1. The zero-order valence-electron chi connectivity index (χ0n) is 4.63. The average Bonchev–Trinajstić information content (AvgIpc) is 2.15. The Labute approximate surface area is 57.0 Å². The molecule has 0 aromatic heterocycles. The van der Waals surface area contributed by atoms with E-state index in [0.717, 1.165) is 0 Å². The van der Waals surface area contributed by atoms with Crippen molar-refractivity contribution in [3.8, 4) is 0 Å². The van der Waals surface area contributed by atoms with Crippen molar-refractivity contribution in [3.63, 3.8) is 0 Å². The number of amides is 1. The summed E-state index contributed by atoms with van der Waals surface area (Å²) in [5.41, 5.74) is 0. The molecule has 1 rings (SSSR count). The number of nitrogens with zero attached hydrogens (tertiary/aromatic N) is 4. The van der Waals surface area contributed by atoms with Gasteiger partial charge in [0.25, 0.3) is 5.91 Å². The summed E-state index contributed by atoms with van der Waals surface area (Å²) in [5.74, 6) is -0.552. The molecular weight excluding hydrogens is 160 g/mol. The second-order valence-electron chi connectivity index (χ2n) is 1.37. The zero-order chi connectivity index (χ0) is 7.56. The van der Waals surface area contributed by atoms with E-state index in [1.54, 1.807) is 0 Å². The van der Waals surface area contributed by atoms with E-state index < -0.39 is 16.4 Å². The van der Waals surface area contributed by atoms with E-state index >= 15 is 0 Å². The molecule has 10 heavy (non-hydrogen) atoms. The van der Waals surface area contributed by atoms with Crippen LogP contribution in [0.4, 0.5) is 0 Å². The SMILES string of the molecule is O=C1CN=NN1N=S(=O)=O. The highest BCUT2D eigenvalue weighted by Crippen LogP contribution is 2.00. The molecule has 0 bridgehead atoms. The highest BCUT2D eigenvalue weighted by Gasteiger charge is 2.17. The van der Waals surface area contributed by atoms with Crippen LogP contribution < -0.4 is 0 Å². The molecule has 0 unspecified atom stereocenters. The second-order valence-corrected chi connectivity index (χ2v) is 1.97. The van der Waals surface area contributed by atoms with Gasteiger partial charge in [-0.05, 0) is 9.69 Å². The number of hydrogen-bond acceptors (Lipinski definition) is 6. The van der Waals surface area contributed by atoms with E-state index in [1.807, 2.05) is 0 Å². The monoisotopic (exact) mass is 162 g/mol. The van der Waals surface area contributed by atoms with Crippen molar-refractivity contribution in [3.05, 3.63) is 0 Å². The third-order valence-corrected chi connectivity index (χ3v) is 1.01. The predicted octanol–water partition coefficient (Wildman–Crippen LogP) is -0.826. The van der Waals surface area contributed by atoms with Gasteiger partial charge in [-0.15, -0.1) is 0 Å². The van der Waals surface area contributed by atoms with Crippen LogP contribution in [0.1, 0.15) is 0 Å². The minimum atomic E-state index is -2.65. The van der Waals surface area contributed by atoms with Gasteiger partial charge in [0.15, 0.2) is 0 Å². The van der Waals surface area contributed by atoms with E-state index in [9.17, 15) is 13.2 Å². The Morgan fingerprint density at radius 2 is 2.30 bits per heavy atom. The first-order valence-electron chi connectivity index (χ1n) is 2.21. The molecule has 0 aromatic rings. The molecule has 0 fully saturated rings. The van der Waals surface area contributed by atoms with Crippen LogP contribution in [0.25, 0.3) is 0 Å². The van der Waals surface area contributed by atoms with Crippen LogP contribution in [0.15, 0.2) is 14.8 Å². The molecule has 54 valence electrons. The molecule has 1 aliphatic heterocycles. The maximum absolute atomic E-state index is 10.5. The molecule has 1 amide bonds. The summed E-state index contributed by atoms with van der Waals surface area (Å²) in [4.78, 5) is 10.5. The summed E-state index contributed by atoms with van der Waals surface area (Å²) in [6.45, 7) is -0.138. The Morgan fingerprint density at radius 1 is 1.60 bits per heavy atom. The summed E-state index contributed by atoms with van der Waals surface area (Å²) < 4.78 is 22.5. The van der Waals surface area contributed by atoms with Crippen molar-refractivity contribution in [1.82, 2.24) is 5.12 Å². The second kappa shape index (κ2) is 2.52. The van der Waals surface area contributed by atoms with Crippen LogP contribution in [-0.2, 0) is 15.3 Å². The average molecular weight is 162 g/mol. The third-order valence-electron chi connectivity index (χ3n) is 0.721. The summed E-state index contributed by atoms with van der Waals surface area (Å²) in [7, 11) is -2.65. The van der Waals surface area contributed by atoms with E-state index in [1.165, 1.54) is 0 Å². The Morgan fingerprint density at radius 3 is 2.70 bits per heavy atom. The third kappa shape index (κ3) is 1.35. The van der Waals surface area contributed by atoms with Crippen LogP contribution in [0.2, 0.25) is 0 Å². The number of hydrogen-bond donors (Lipinski definition) is 0. The molecular formula is C2H2N4O3S. The molecule has 0 spiro atoms. The highest BCUT2D eigenvalue weighted by molar-refractivity contribution is 7.61. The van der Waals surface area contributed by atoms with Gasteiger partial charge in [0, 0.05) is 0 Å². The van der Waals surface area contributed by atoms with Gasteiger partial charge in [0.05, 0.1) is 0 Å². The van der Waals surface area contributed by atoms with E-state index in [-0.39, 0.29) is 6.54 Å². The van der Waals surface area contributed by atoms with E-state index in [2.05, 4.69) is 14.8 Å². The summed E-state index contributed by atoms with van der Waals surface area (Å²) in [6.07, 6.45) is 0. The number of rotatable bonds is 1. The van der Waals surface area contributed by atoms with E-state index in [0.29, 0.717) is 5.12 Å². The van der Waals surface area contributed by atoms with Crippen molar-refractivity contribution < 1.29 is 13.2 Å². The van der Waals surface area contributed by atoms with Crippen molar-refractivity contribution in [2.24, 2.45) is 14.8 Å². The Kier molecular flexibility index (Phi) is 1.71. The van der Waals surface area contributed by atoms with Gasteiger partial charge < -0.3 is 0 Å². The van der Waals surface area contributed by atoms with Gasteiger partial charge >= 0.3 is 10.5 Å². The van der Waals surface area contributed by atoms with Crippen LogP contribution >= 0.6 is 0 Å². The molecule has 0 aliphatic carbocycles. The molecule has 1 aliphatic rings. The van der Waals surface area contributed by atoms with Gasteiger partial charge in [0.1, 0.15) is 6.54 Å². The first kappa shape index (κ1) is 6.81. The first-order chi connectivity index (χ1) is 4.70. The summed E-state index contributed by atoms with van der Waals surface area (Å²) >= 11 is 0. The molecule has 0 saturated carbocycles. The van der Waals surface area contributed by atoms with Gasteiger partial charge in [-0.2, -0.15) is 13.5 Å². The van der Waals surface area contributed by atoms with Gasteiger partial charge in [-0.1, -0.05) is 5.12 Å². The smallest absolute Gasteiger partial charge is 0.269 e. The topological polar surface area (TPSA) is 91.5 Å². The van der Waals surface area contributed by atoms with Crippen molar-refractivity contribution in [2.45, 2.75) is 0 Å². The Balaban J connectivity index is 2.85. The lowest BCUT2D eigenvalue weighted by molar-refractivity contribution is -0.127. The molecule has 0 aromatic carbocycles. The molecule has 0 saturated heterocycles. The largest absolute Gasteiger partial charge is 0.334 e. The van der Waals surface area contributed by atoms with Crippen LogP contribution in [0.5, 0.6) is 0 Å². The Hall–Kier alpha value is -1.31. The van der Waals surface area contributed by atoms with Crippen LogP contribution in [0, 0.1) is 0 Å². The fourth-order valence-corrected chi connectivity index (χ4v) is 0.640. The van der Waals surface area contributed by atoms with Crippen LogP contribution in [-0.4, -0.2) is 26.0 Å². The van der Waals surface area contributed by atoms with Gasteiger partial charge in [0.2, 0.25) is 0 Å². The summed E-state index contributed by atoms with van der Waals surface area (Å²) in [5, 5.41) is 6.77. The van der Waals surface area contributed by atoms with Gasteiger partial charge in [-0.25, -0.2) is 0 Å². The highest BCUT2D eigenvalue weighted by atomic mass is 32.2. The standard InChI is InChI=1S/C2H2N4O3S/c7-2-1-3-4-6(2)5-10(8)9/h1H2. The van der Waals surface area contributed by atoms with Crippen LogP contribution in [0.3, 0.4) is 0 Å². The molecule has 8 heteroatoms. The molecule has 0 atom stereocenters.